The van der Waals surface area contributed by atoms with Crippen molar-refractivity contribution < 1.29 is 37.0 Å². The molecule has 0 bridgehead atoms. The highest BCUT2D eigenvalue weighted by Gasteiger charge is 2.47. The van der Waals surface area contributed by atoms with Crippen LogP contribution in [0, 0.1) is 0 Å². The first-order chi connectivity index (χ1) is 17.9. The SMILES string of the molecule is O=C1C(=O)N(CCN2CCOCC2)C(c2ccco2)/C1=C(\O)c1ccc(S(=O)(=O)N2CCOCC2)cc1. The van der Waals surface area contributed by atoms with E-state index in [0.29, 0.717) is 38.7 Å². The third-order valence-corrected chi connectivity index (χ3v) is 8.76. The summed E-state index contributed by atoms with van der Waals surface area (Å²) in [5.41, 5.74) is 0.134. The molecule has 1 N–H and O–H groups in total. The zero-order valence-electron chi connectivity index (χ0n) is 20.2. The van der Waals surface area contributed by atoms with E-state index in [1.807, 2.05) is 0 Å². The number of benzene rings is 1. The van der Waals surface area contributed by atoms with E-state index in [0.717, 1.165) is 13.1 Å². The number of hydrogen-bond acceptors (Lipinski definition) is 9. The Morgan fingerprint density at radius 2 is 1.57 bits per heavy atom. The van der Waals surface area contributed by atoms with Gasteiger partial charge in [0.15, 0.2) is 0 Å². The van der Waals surface area contributed by atoms with Crippen molar-refractivity contribution in [3.63, 3.8) is 0 Å². The van der Waals surface area contributed by atoms with Gasteiger partial charge in [-0.15, -0.1) is 0 Å². The normalized spacial score (nSPS) is 23.6. The van der Waals surface area contributed by atoms with Crippen LogP contribution in [0.15, 0.2) is 57.5 Å². The molecule has 3 fully saturated rings. The fourth-order valence-corrected chi connectivity index (χ4v) is 6.21. The van der Waals surface area contributed by atoms with Gasteiger partial charge < -0.3 is 23.9 Å². The molecular weight excluding hydrogens is 502 g/mol. The summed E-state index contributed by atoms with van der Waals surface area (Å²) in [6.45, 7) is 4.68. The van der Waals surface area contributed by atoms with Crippen molar-refractivity contribution in [3.8, 4) is 0 Å². The third-order valence-electron chi connectivity index (χ3n) is 6.85. The van der Waals surface area contributed by atoms with Crippen LogP contribution in [0.1, 0.15) is 17.4 Å². The minimum absolute atomic E-state index is 0.0690. The molecule has 5 rings (SSSR count). The van der Waals surface area contributed by atoms with E-state index in [1.165, 1.54) is 39.7 Å². The van der Waals surface area contributed by atoms with Crippen LogP contribution in [-0.2, 0) is 29.1 Å². The maximum atomic E-state index is 13.1. The molecule has 1 atom stereocenters. The Hall–Kier alpha value is -3.03. The summed E-state index contributed by atoms with van der Waals surface area (Å²) < 4.78 is 43.4. The maximum absolute atomic E-state index is 13.1. The summed E-state index contributed by atoms with van der Waals surface area (Å²) in [6.07, 6.45) is 1.45. The molecule has 0 saturated carbocycles. The Balaban J connectivity index is 1.44. The molecule has 1 amide bonds. The van der Waals surface area contributed by atoms with Crippen molar-refractivity contribution in [1.82, 2.24) is 14.1 Å². The summed E-state index contributed by atoms with van der Waals surface area (Å²) in [6, 6.07) is 8.05. The number of sulfonamides is 1. The van der Waals surface area contributed by atoms with Crippen LogP contribution in [0.5, 0.6) is 0 Å². The van der Waals surface area contributed by atoms with Gasteiger partial charge in [0.25, 0.3) is 11.7 Å². The van der Waals surface area contributed by atoms with Crippen LogP contribution < -0.4 is 0 Å². The molecule has 0 aliphatic carbocycles. The zero-order valence-corrected chi connectivity index (χ0v) is 21.1. The standard InChI is InChI=1S/C25H29N3O8S/c29-23(18-3-5-19(6-4-18)37(32,33)27-11-16-35-17-12-27)21-22(20-2-1-13-36-20)28(25(31)24(21)30)8-7-26-9-14-34-15-10-26/h1-6,13,22,29H,7-12,14-17H2/b23-21+. The Morgan fingerprint density at radius 3 is 2.19 bits per heavy atom. The highest BCUT2D eigenvalue weighted by Crippen LogP contribution is 2.39. The number of furan rings is 1. The van der Waals surface area contributed by atoms with Gasteiger partial charge >= 0.3 is 0 Å². The van der Waals surface area contributed by atoms with Crippen molar-refractivity contribution in [2.24, 2.45) is 0 Å². The van der Waals surface area contributed by atoms with E-state index in [4.69, 9.17) is 13.9 Å². The minimum Gasteiger partial charge on any atom is -0.507 e. The van der Waals surface area contributed by atoms with Gasteiger partial charge in [0.05, 0.1) is 43.2 Å². The fourth-order valence-electron chi connectivity index (χ4n) is 4.80. The largest absolute Gasteiger partial charge is 0.507 e. The number of aliphatic hydroxyl groups excluding tert-OH is 1. The number of rotatable bonds is 7. The van der Waals surface area contributed by atoms with Crippen molar-refractivity contribution >= 4 is 27.5 Å². The van der Waals surface area contributed by atoms with Gasteiger partial charge in [-0.1, -0.05) is 0 Å². The molecule has 1 aromatic heterocycles. The average molecular weight is 532 g/mol. The van der Waals surface area contributed by atoms with Crippen molar-refractivity contribution in [1.29, 1.82) is 0 Å². The Labute approximate surface area is 214 Å². The number of Topliss-reactive ketones (excluding diaryl/α,β-unsaturated/α-hetero) is 1. The van der Waals surface area contributed by atoms with Crippen molar-refractivity contribution in [3.05, 3.63) is 59.6 Å². The van der Waals surface area contributed by atoms with Crippen LogP contribution in [-0.4, -0.2) is 105 Å². The molecule has 11 nitrogen and oxygen atoms in total. The molecule has 2 aromatic rings. The number of hydrogen-bond donors (Lipinski definition) is 1. The first-order valence-corrected chi connectivity index (χ1v) is 13.6. The van der Waals surface area contributed by atoms with Crippen LogP contribution >= 0.6 is 0 Å². The Bertz CT molecular complexity index is 1260. The molecule has 0 spiro atoms. The van der Waals surface area contributed by atoms with Gasteiger partial charge in [-0.3, -0.25) is 14.5 Å². The van der Waals surface area contributed by atoms with Gasteiger partial charge in [0.1, 0.15) is 17.6 Å². The summed E-state index contributed by atoms with van der Waals surface area (Å²) >= 11 is 0. The molecule has 0 radical (unpaired) electrons. The molecule has 198 valence electrons. The number of ether oxygens (including phenoxy) is 2. The Kier molecular flexibility index (Phi) is 7.45. The summed E-state index contributed by atoms with van der Waals surface area (Å²) in [5, 5.41) is 11.2. The number of amides is 1. The van der Waals surface area contributed by atoms with E-state index in [-0.39, 0.29) is 41.4 Å². The number of ketones is 1. The highest BCUT2D eigenvalue weighted by molar-refractivity contribution is 7.89. The van der Waals surface area contributed by atoms with Gasteiger partial charge in [0.2, 0.25) is 10.0 Å². The number of nitrogens with zero attached hydrogens (tertiary/aromatic N) is 3. The van der Waals surface area contributed by atoms with Crippen molar-refractivity contribution in [2.45, 2.75) is 10.9 Å². The molecule has 4 heterocycles. The second kappa shape index (κ2) is 10.8. The summed E-state index contributed by atoms with van der Waals surface area (Å²) in [7, 11) is -3.72. The molecule has 37 heavy (non-hydrogen) atoms. The summed E-state index contributed by atoms with van der Waals surface area (Å²) in [4.78, 5) is 29.8. The topological polar surface area (TPSA) is 130 Å². The molecule has 3 aliphatic heterocycles. The minimum atomic E-state index is -3.72. The van der Waals surface area contributed by atoms with Crippen LogP contribution in [0.2, 0.25) is 0 Å². The number of likely N-dealkylation sites (tertiary alicyclic amines) is 1. The third kappa shape index (κ3) is 5.07. The zero-order chi connectivity index (χ0) is 26.0. The first kappa shape index (κ1) is 25.6. The number of aliphatic hydroxyl groups is 1. The molecule has 12 heteroatoms. The van der Waals surface area contributed by atoms with E-state index in [1.54, 1.807) is 12.1 Å². The van der Waals surface area contributed by atoms with E-state index in [9.17, 15) is 23.1 Å². The lowest BCUT2D eigenvalue weighted by molar-refractivity contribution is -0.140. The second-order valence-electron chi connectivity index (χ2n) is 9.00. The van der Waals surface area contributed by atoms with E-state index < -0.39 is 27.8 Å². The average Bonchev–Trinajstić information content (AvgIpc) is 3.55. The first-order valence-electron chi connectivity index (χ1n) is 12.2. The quantitative estimate of drug-likeness (QED) is 0.317. The molecular formula is C25H29N3O8S. The fraction of sp³-hybridized carbons (Fsp3) is 0.440. The summed E-state index contributed by atoms with van der Waals surface area (Å²) in [5.74, 6) is -1.56. The highest BCUT2D eigenvalue weighted by atomic mass is 32.2. The number of carbonyl (C=O) groups excluding carboxylic acids is 2. The van der Waals surface area contributed by atoms with Gasteiger partial charge in [-0.05, 0) is 36.4 Å². The van der Waals surface area contributed by atoms with Crippen LogP contribution in [0.25, 0.3) is 5.76 Å². The number of morpholine rings is 2. The lowest BCUT2D eigenvalue weighted by atomic mass is 9.99. The lowest BCUT2D eigenvalue weighted by Gasteiger charge is -2.30. The van der Waals surface area contributed by atoms with Crippen LogP contribution in [0.4, 0.5) is 0 Å². The molecule has 3 saturated heterocycles. The predicted molar refractivity (Wildman–Crippen MR) is 131 cm³/mol. The molecule has 3 aliphatic rings. The van der Waals surface area contributed by atoms with Gasteiger partial charge in [0, 0.05) is 44.8 Å². The molecule has 1 aromatic carbocycles. The predicted octanol–water partition coefficient (Wildman–Crippen LogP) is 1.05. The maximum Gasteiger partial charge on any atom is 0.295 e. The lowest BCUT2D eigenvalue weighted by Crippen LogP contribution is -2.42. The van der Waals surface area contributed by atoms with E-state index >= 15 is 0 Å². The Morgan fingerprint density at radius 1 is 0.919 bits per heavy atom. The second-order valence-corrected chi connectivity index (χ2v) is 10.9. The van der Waals surface area contributed by atoms with E-state index in [2.05, 4.69) is 4.90 Å². The van der Waals surface area contributed by atoms with Gasteiger partial charge in [-0.2, -0.15) is 4.31 Å². The smallest absolute Gasteiger partial charge is 0.295 e. The monoisotopic (exact) mass is 531 g/mol. The van der Waals surface area contributed by atoms with Crippen LogP contribution in [0.3, 0.4) is 0 Å². The van der Waals surface area contributed by atoms with Crippen molar-refractivity contribution in [2.75, 3.05) is 65.7 Å². The number of carbonyl (C=O) groups is 2. The molecule has 1 unspecified atom stereocenters. The van der Waals surface area contributed by atoms with Gasteiger partial charge in [-0.25, -0.2) is 8.42 Å².